The van der Waals surface area contributed by atoms with Crippen LogP contribution in [0.15, 0.2) is 72.9 Å². The first-order valence-corrected chi connectivity index (χ1v) is 26.1. The van der Waals surface area contributed by atoms with Gasteiger partial charge in [0.1, 0.15) is 19.8 Å². The van der Waals surface area contributed by atoms with Crippen molar-refractivity contribution >= 4 is 19.8 Å². The lowest BCUT2D eigenvalue weighted by molar-refractivity contribution is -0.870. The van der Waals surface area contributed by atoms with Gasteiger partial charge in [-0.05, 0) is 83.5 Å². The maximum absolute atomic E-state index is 12.7. The minimum Gasteiger partial charge on any atom is -0.756 e. The fraction of sp³-hybridized carbons (Fsp3) is 0.731. The number of phosphoric acid groups is 1. The third kappa shape index (κ3) is 46.9. The molecule has 0 radical (unpaired) electrons. The van der Waals surface area contributed by atoms with E-state index >= 15 is 0 Å². The van der Waals surface area contributed by atoms with Gasteiger partial charge in [0.05, 0.1) is 27.7 Å². The molecule has 10 heteroatoms. The number of carbonyl (C=O) groups is 2. The monoisotopic (exact) mass is 890 g/mol. The van der Waals surface area contributed by atoms with Crippen molar-refractivity contribution < 1.29 is 42.1 Å². The van der Waals surface area contributed by atoms with Gasteiger partial charge in [0.25, 0.3) is 7.82 Å². The Balaban J connectivity index is 4.36. The van der Waals surface area contributed by atoms with E-state index in [0.29, 0.717) is 17.4 Å². The zero-order valence-corrected chi connectivity index (χ0v) is 41.2. The van der Waals surface area contributed by atoms with Crippen molar-refractivity contribution in [1.82, 2.24) is 0 Å². The van der Waals surface area contributed by atoms with E-state index in [2.05, 4.69) is 86.8 Å². The predicted octanol–water partition coefficient (Wildman–Crippen LogP) is 13.9. The van der Waals surface area contributed by atoms with E-state index < -0.39 is 32.5 Å². The van der Waals surface area contributed by atoms with Gasteiger partial charge in [-0.3, -0.25) is 14.2 Å². The summed E-state index contributed by atoms with van der Waals surface area (Å²) in [5.74, 6) is -0.876. The summed E-state index contributed by atoms with van der Waals surface area (Å²) in [6, 6.07) is 0. The number of nitrogens with zero attached hydrogens (tertiary/aromatic N) is 1. The molecule has 0 N–H and O–H groups in total. The molecule has 0 aliphatic carbocycles. The van der Waals surface area contributed by atoms with Crippen LogP contribution in [-0.2, 0) is 32.7 Å². The molecule has 0 aromatic rings. The van der Waals surface area contributed by atoms with Crippen molar-refractivity contribution in [1.29, 1.82) is 0 Å². The summed E-state index contributed by atoms with van der Waals surface area (Å²) < 4.78 is 34.0. The highest BCUT2D eigenvalue weighted by Crippen LogP contribution is 2.38. The van der Waals surface area contributed by atoms with Gasteiger partial charge in [0.2, 0.25) is 0 Å². The Morgan fingerprint density at radius 2 is 0.919 bits per heavy atom. The van der Waals surface area contributed by atoms with E-state index in [4.69, 9.17) is 18.5 Å². The second kappa shape index (κ2) is 43.7. The first-order valence-electron chi connectivity index (χ1n) is 24.6. The normalized spacial score (nSPS) is 14.1. The van der Waals surface area contributed by atoms with Gasteiger partial charge in [-0.2, -0.15) is 0 Å². The molecule has 0 spiro atoms. The van der Waals surface area contributed by atoms with Gasteiger partial charge < -0.3 is 27.9 Å². The smallest absolute Gasteiger partial charge is 0.306 e. The molecular formula is C52H92NO8P. The number of hydrogen-bond acceptors (Lipinski definition) is 8. The molecule has 0 aromatic carbocycles. The fourth-order valence-corrected chi connectivity index (χ4v) is 7.11. The lowest BCUT2D eigenvalue weighted by Crippen LogP contribution is -2.37. The summed E-state index contributed by atoms with van der Waals surface area (Å²) in [6.45, 7) is 4.07. The minimum atomic E-state index is -4.64. The third-order valence-corrected chi connectivity index (χ3v) is 11.2. The van der Waals surface area contributed by atoms with Gasteiger partial charge in [-0.25, -0.2) is 0 Å². The van der Waals surface area contributed by atoms with Crippen molar-refractivity contribution in [2.45, 2.75) is 200 Å². The van der Waals surface area contributed by atoms with Crippen LogP contribution < -0.4 is 4.89 Å². The topological polar surface area (TPSA) is 111 Å². The number of allylic oxidation sites excluding steroid dienone is 12. The van der Waals surface area contributed by atoms with Crippen molar-refractivity contribution in [2.75, 3.05) is 47.5 Å². The zero-order valence-electron chi connectivity index (χ0n) is 40.3. The molecule has 0 saturated carbocycles. The van der Waals surface area contributed by atoms with Crippen LogP contribution in [0.1, 0.15) is 194 Å². The van der Waals surface area contributed by atoms with E-state index in [-0.39, 0.29) is 26.1 Å². The fourth-order valence-electron chi connectivity index (χ4n) is 6.38. The van der Waals surface area contributed by atoms with Crippen molar-refractivity contribution in [3.05, 3.63) is 72.9 Å². The summed E-state index contributed by atoms with van der Waals surface area (Å²) in [5.41, 5.74) is 0. The molecule has 0 rings (SSSR count). The SMILES string of the molecule is CC/C=C\C/C=C\C/C=C\C/C=C\C/C=C\CCCCCC(=O)O[C@H](COC(=O)CCCCCCCCCCC/C=C\CCCCCCCC)COP(=O)([O-])OCC[N+](C)(C)C. The Labute approximate surface area is 380 Å². The van der Waals surface area contributed by atoms with E-state index in [1.54, 1.807) is 0 Å². The third-order valence-electron chi connectivity index (χ3n) is 10.2. The number of esters is 2. The van der Waals surface area contributed by atoms with Gasteiger partial charge in [0.15, 0.2) is 6.10 Å². The van der Waals surface area contributed by atoms with Gasteiger partial charge in [0, 0.05) is 12.8 Å². The number of phosphoric ester groups is 1. The zero-order chi connectivity index (χ0) is 45.7. The Hall–Kier alpha value is -2.55. The summed E-state index contributed by atoms with van der Waals surface area (Å²) in [6.07, 6.45) is 55.0. The van der Waals surface area contributed by atoms with E-state index in [9.17, 15) is 19.0 Å². The first kappa shape index (κ1) is 59.5. The minimum absolute atomic E-state index is 0.0411. The van der Waals surface area contributed by atoms with Crippen LogP contribution in [0.3, 0.4) is 0 Å². The quantitative estimate of drug-likeness (QED) is 0.0195. The summed E-state index contributed by atoms with van der Waals surface area (Å²) in [7, 11) is 1.13. The molecule has 1 unspecified atom stereocenters. The maximum atomic E-state index is 12.7. The molecule has 0 bridgehead atoms. The van der Waals surface area contributed by atoms with E-state index in [1.165, 1.54) is 83.5 Å². The lowest BCUT2D eigenvalue weighted by atomic mass is 10.1. The summed E-state index contributed by atoms with van der Waals surface area (Å²) in [4.78, 5) is 37.7. The maximum Gasteiger partial charge on any atom is 0.306 e. The Morgan fingerprint density at radius 3 is 1.40 bits per heavy atom. The molecular weight excluding hydrogens is 798 g/mol. The van der Waals surface area contributed by atoms with Crippen LogP contribution in [0.2, 0.25) is 0 Å². The average Bonchev–Trinajstić information content (AvgIpc) is 3.23. The summed E-state index contributed by atoms with van der Waals surface area (Å²) in [5, 5.41) is 0. The van der Waals surface area contributed by atoms with E-state index in [1.807, 2.05) is 21.1 Å². The number of ether oxygens (including phenoxy) is 2. The standard InChI is InChI=1S/C52H92NO8P/c1-6-8-10-12-14-16-18-20-22-24-26-28-30-32-34-36-38-40-42-44-51(54)58-48-50(49-60-62(56,57)59-47-46-53(3,4)5)61-52(55)45-43-41-39-37-35-33-31-29-27-25-23-21-19-17-15-13-11-9-7-2/h9,11,15,17,20-23,27,29,33,35,50H,6-8,10,12-14,16,18-19,24-26,28,30-32,34,36-49H2,1-5H3/b11-9-,17-15-,22-20-,23-21-,29-27-,35-33-/t50-/m1/s1. The number of hydrogen-bond donors (Lipinski definition) is 0. The van der Waals surface area contributed by atoms with Crippen molar-refractivity contribution in [3.63, 3.8) is 0 Å². The molecule has 0 aliphatic heterocycles. The van der Waals surface area contributed by atoms with E-state index in [0.717, 1.165) is 77.0 Å². The second-order valence-electron chi connectivity index (χ2n) is 17.4. The molecule has 62 heavy (non-hydrogen) atoms. The van der Waals surface area contributed by atoms with Crippen molar-refractivity contribution in [2.24, 2.45) is 0 Å². The molecule has 358 valence electrons. The van der Waals surface area contributed by atoms with Gasteiger partial charge in [-0.1, -0.05) is 170 Å². The second-order valence-corrected chi connectivity index (χ2v) is 18.9. The average molecular weight is 890 g/mol. The highest BCUT2D eigenvalue weighted by atomic mass is 31.2. The number of carbonyl (C=O) groups excluding carboxylic acids is 2. The molecule has 0 fully saturated rings. The molecule has 2 atom stereocenters. The number of unbranched alkanes of at least 4 members (excludes halogenated alkanes) is 18. The molecule has 0 heterocycles. The Morgan fingerprint density at radius 1 is 0.516 bits per heavy atom. The van der Waals surface area contributed by atoms with Crippen LogP contribution >= 0.6 is 7.82 Å². The Kier molecular flexibility index (Phi) is 41.9. The first-order chi connectivity index (χ1) is 30.0. The highest BCUT2D eigenvalue weighted by Gasteiger charge is 2.21. The van der Waals surface area contributed by atoms with Crippen LogP contribution in [0.4, 0.5) is 0 Å². The van der Waals surface area contributed by atoms with Gasteiger partial charge >= 0.3 is 11.9 Å². The molecule has 0 aliphatic rings. The van der Waals surface area contributed by atoms with Crippen LogP contribution in [0.25, 0.3) is 0 Å². The number of rotatable bonds is 44. The van der Waals surface area contributed by atoms with Gasteiger partial charge in [-0.15, -0.1) is 0 Å². The molecule has 0 aromatic heterocycles. The summed E-state index contributed by atoms with van der Waals surface area (Å²) >= 11 is 0. The predicted molar refractivity (Wildman–Crippen MR) is 259 cm³/mol. The largest absolute Gasteiger partial charge is 0.756 e. The highest BCUT2D eigenvalue weighted by molar-refractivity contribution is 7.45. The number of likely N-dealkylation sites (N-methyl/N-ethyl adjacent to an activating group) is 1. The number of quaternary nitrogens is 1. The van der Waals surface area contributed by atoms with Crippen LogP contribution in [-0.4, -0.2) is 70.0 Å². The van der Waals surface area contributed by atoms with Crippen LogP contribution in [0, 0.1) is 0 Å². The lowest BCUT2D eigenvalue weighted by Gasteiger charge is -2.28. The Bertz CT molecular complexity index is 1280. The van der Waals surface area contributed by atoms with Crippen molar-refractivity contribution in [3.8, 4) is 0 Å². The molecule has 9 nitrogen and oxygen atoms in total. The van der Waals surface area contributed by atoms with Crippen LogP contribution in [0.5, 0.6) is 0 Å². The molecule has 0 amide bonds. The molecule has 0 saturated heterocycles.